The van der Waals surface area contributed by atoms with Gasteiger partial charge in [0.1, 0.15) is 4.60 Å². The second-order valence-electron chi connectivity index (χ2n) is 2.75. The van der Waals surface area contributed by atoms with Crippen molar-refractivity contribution in [2.75, 3.05) is 5.73 Å². The Labute approximate surface area is 73.2 Å². The van der Waals surface area contributed by atoms with Crippen molar-refractivity contribution in [3.05, 3.63) is 16.5 Å². The smallest absolute Gasteiger partial charge is 0.156 e. The fourth-order valence-corrected chi connectivity index (χ4v) is 1.27. The first-order chi connectivity index (χ1) is 5.27. The Morgan fingerprint density at radius 2 is 2.27 bits per heavy atom. The SMILES string of the molecule is Nc1ncc(C2CC2)nc1Br. The number of nitrogens with two attached hydrogens (primary N) is 1. The minimum atomic E-state index is 0.467. The monoisotopic (exact) mass is 213 g/mol. The quantitative estimate of drug-likeness (QED) is 0.773. The zero-order chi connectivity index (χ0) is 7.84. The molecule has 0 spiro atoms. The summed E-state index contributed by atoms with van der Waals surface area (Å²) in [5, 5.41) is 0. The van der Waals surface area contributed by atoms with Gasteiger partial charge in [-0.25, -0.2) is 9.97 Å². The van der Waals surface area contributed by atoms with Crippen LogP contribution in [0.1, 0.15) is 24.5 Å². The lowest BCUT2D eigenvalue weighted by molar-refractivity contribution is 0.978. The maximum atomic E-state index is 5.49. The summed E-state index contributed by atoms with van der Waals surface area (Å²) in [7, 11) is 0. The number of anilines is 1. The first kappa shape index (κ1) is 7.03. The summed E-state index contributed by atoms with van der Waals surface area (Å²) in [5.74, 6) is 1.11. The van der Waals surface area contributed by atoms with Crippen molar-refractivity contribution in [1.29, 1.82) is 0 Å². The molecule has 1 saturated carbocycles. The van der Waals surface area contributed by atoms with Crippen molar-refractivity contribution in [2.24, 2.45) is 0 Å². The highest BCUT2D eigenvalue weighted by atomic mass is 79.9. The molecule has 1 aromatic heterocycles. The van der Waals surface area contributed by atoms with E-state index in [0.717, 1.165) is 5.69 Å². The van der Waals surface area contributed by atoms with Gasteiger partial charge in [-0.05, 0) is 28.8 Å². The molecule has 1 fully saturated rings. The molecule has 0 radical (unpaired) electrons. The molecule has 2 rings (SSSR count). The Bertz CT molecular complexity index is 283. The Morgan fingerprint density at radius 3 is 2.82 bits per heavy atom. The number of nitrogen functional groups attached to an aromatic ring is 1. The summed E-state index contributed by atoms with van der Waals surface area (Å²) in [6, 6.07) is 0. The molecule has 0 aromatic carbocycles. The lowest BCUT2D eigenvalue weighted by Gasteiger charge is -1.98. The van der Waals surface area contributed by atoms with Gasteiger partial charge >= 0.3 is 0 Å². The van der Waals surface area contributed by atoms with E-state index in [9.17, 15) is 0 Å². The highest BCUT2D eigenvalue weighted by Crippen LogP contribution is 2.39. The second-order valence-corrected chi connectivity index (χ2v) is 3.50. The molecule has 1 aliphatic rings. The standard InChI is InChI=1S/C7H8BrN3/c8-6-7(9)10-3-5(11-6)4-1-2-4/h3-4H,1-2H2,(H2,9,10). The predicted molar refractivity (Wildman–Crippen MR) is 46.1 cm³/mol. The highest BCUT2D eigenvalue weighted by molar-refractivity contribution is 9.10. The van der Waals surface area contributed by atoms with Gasteiger partial charge in [-0.2, -0.15) is 0 Å². The molecule has 0 unspecified atom stereocenters. The Kier molecular flexibility index (Phi) is 1.56. The number of hydrogen-bond donors (Lipinski definition) is 1. The average molecular weight is 214 g/mol. The van der Waals surface area contributed by atoms with Gasteiger partial charge in [0.2, 0.25) is 0 Å². The number of nitrogens with zero attached hydrogens (tertiary/aromatic N) is 2. The van der Waals surface area contributed by atoms with Crippen LogP contribution in [0.5, 0.6) is 0 Å². The van der Waals surface area contributed by atoms with E-state index in [1.807, 2.05) is 0 Å². The molecule has 1 heterocycles. The molecule has 0 amide bonds. The third-order valence-corrected chi connectivity index (χ3v) is 2.35. The number of halogens is 1. The van der Waals surface area contributed by atoms with Crippen molar-refractivity contribution < 1.29 is 0 Å². The van der Waals surface area contributed by atoms with Crippen LogP contribution in [0, 0.1) is 0 Å². The topological polar surface area (TPSA) is 51.8 Å². The van der Waals surface area contributed by atoms with E-state index < -0.39 is 0 Å². The summed E-state index contributed by atoms with van der Waals surface area (Å²) in [6.07, 6.45) is 4.24. The maximum Gasteiger partial charge on any atom is 0.156 e. The largest absolute Gasteiger partial charge is 0.381 e. The van der Waals surface area contributed by atoms with Crippen LogP contribution in [0.4, 0.5) is 5.82 Å². The average Bonchev–Trinajstić information content (AvgIpc) is 2.77. The van der Waals surface area contributed by atoms with E-state index in [4.69, 9.17) is 5.73 Å². The van der Waals surface area contributed by atoms with Crippen molar-refractivity contribution in [3.63, 3.8) is 0 Å². The highest BCUT2D eigenvalue weighted by Gasteiger charge is 2.25. The Morgan fingerprint density at radius 1 is 1.55 bits per heavy atom. The molecule has 0 saturated heterocycles. The summed E-state index contributed by atoms with van der Waals surface area (Å²) >= 11 is 3.24. The second kappa shape index (κ2) is 2.44. The molecule has 58 valence electrons. The number of hydrogen-bond acceptors (Lipinski definition) is 3. The van der Waals surface area contributed by atoms with Crippen LogP contribution < -0.4 is 5.73 Å². The molecule has 4 heteroatoms. The molecule has 0 aliphatic heterocycles. The minimum Gasteiger partial charge on any atom is -0.381 e. The van der Waals surface area contributed by atoms with Gasteiger partial charge in [-0.15, -0.1) is 0 Å². The van der Waals surface area contributed by atoms with Crippen molar-refractivity contribution in [3.8, 4) is 0 Å². The molecule has 11 heavy (non-hydrogen) atoms. The van der Waals surface area contributed by atoms with Gasteiger partial charge < -0.3 is 5.73 Å². The van der Waals surface area contributed by atoms with Crippen LogP contribution in [-0.4, -0.2) is 9.97 Å². The zero-order valence-corrected chi connectivity index (χ0v) is 7.50. The van der Waals surface area contributed by atoms with Crippen molar-refractivity contribution >= 4 is 21.7 Å². The Hall–Kier alpha value is -0.640. The van der Waals surface area contributed by atoms with Crippen LogP contribution in [0.2, 0.25) is 0 Å². The van der Waals surface area contributed by atoms with E-state index in [0.29, 0.717) is 16.3 Å². The van der Waals surface area contributed by atoms with Crippen LogP contribution >= 0.6 is 15.9 Å². The van der Waals surface area contributed by atoms with Gasteiger partial charge in [-0.3, -0.25) is 0 Å². The Balaban J connectivity index is 2.36. The van der Waals surface area contributed by atoms with Crippen LogP contribution in [0.25, 0.3) is 0 Å². The fourth-order valence-electron chi connectivity index (χ4n) is 0.964. The molecule has 1 aliphatic carbocycles. The predicted octanol–water partition coefficient (Wildman–Crippen LogP) is 1.70. The van der Waals surface area contributed by atoms with Gasteiger partial charge in [0, 0.05) is 5.92 Å². The van der Waals surface area contributed by atoms with E-state index in [2.05, 4.69) is 25.9 Å². The van der Waals surface area contributed by atoms with E-state index in [1.165, 1.54) is 12.8 Å². The third-order valence-electron chi connectivity index (χ3n) is 1.77. The lowest BCUT2D eigenvalue weighted by atomic mass is 10.3. The van der Waals surface area contributed by atoms with Gasteiger partial charge in [0.15, 0.2) is 5.82 Å². The molecular weight excluding hydrogens is 206 g/mol. The van der Waals surface area contributed by atoms with Crippen LogP contribution in [-0.2, 0) is 0 Å². The minimum absolute atomic E-state index is 0.467. The number of aromatic nitrogens is 2. The van der Waals surface area contributed by atoms with Gasteiger partial charge in [0.05, 0.1) is 11.9 Å². The van der Waals surface area contributed by atoms with Crippen LogP contribution in [0.15, 0.2) is 10.8 Å². The third kappa shape index (κ3) is 1.35. The molecule has 1 aromatic rings. The zero-order valence-electron chi connectivity index (χ0n) is 5.92. The van der Waals surface area contributed by atoms with Crippen LogP contribution in [0.3, 0.4) is 0 Å². The summed E-state index contributed by atoms with van der Waals surface area (Å²) in [6.45, 7) is 0. The first-order valence-corrected chi connectivity index (χ1v) is 4.34. The summed E-state index contributed by atoms with van der Waals surface area (Å²) < 4.78 is 0.668. The van der Waals surface area contributed by atoms with Crippen molar-refractivity contribution in [1.82, 2.24) is 9.97 Å². The van der Waals surface area contributed by atoms with Crippen molar-refractivity contribution in [2.45, 2.75) is 18.8 Å². The van der Waals surface area contributed by atoms with E-state index in [1.54, 1.807) is 6.20 Å². The maximum absolute atomic E-state index is 5.49. The molecular formula is C7H8BrN3. The normalized spacial score (nSPS) is 16.8. The van der Waals surface area contributed by atoms with E-state index in [-0.39, 0.29) is 0 Å². The molecule has 0 atom stereocenters. The lowest BCUT2D eigenvalue weighted by Crippen LogP contribution is -1.96. The number of rotatable bonds is 1. The molecule has 3 nitrogen and oxygen atoms in total. The molecule has 2 N–H and O–H groups in total. The first-order valence-electron chi connectivity index (χ1n) is 3.55. The van der Waals surface area contributed by atoms with Gasteiger partial charge in [0.25, 0.3) is 0 Å². The molecule has 0 bridgehead atoms. The fraction of sp³-hybridized carbons (Fsp3) is 0.429. The van der Waals surface area contributed by atoms with E-state index >= 15 is 0 Å². The summed E-state index contributed by atoms with van der Waals surface area (Å²) in [5.41, 5.74) is 6.55. The summed E-state index contributed by atoms with van der Waals surface area (Å²) in [4.78, 5) is 8.27. The van der Waals surface area contributed by atoms with Gasteiger partial charge in [-0.1, -0.05) is 0 Å².